The van der Waals surface area contributed by atoms with E-state index in [9.17, 15) is 14.0 Å². The third-order valence-electron chi connectivity index (χ3n) is 5.91. The van der Waals surface area contributed by atoms with Crippen LogP contribution in [0.3, 0.4) is 0 Å². The molecule has 0 bridgehead atoms. The molecule has 2 aliphatic rings. The molecular formula is C20H27FN2O4. The Morgan fingerprint density at radius 3 is 2.33 bits per heavy atom. The van der Waals surface area contributed by atoms with Crippen LogP contribution < -0.4 is 10.6 Å². The number of carboxylic acid groups (broad SMARTS) is 1. The summed E-state index contributed by atoms with van der Waals surface area (Å²) in [5.41, 5.74) is 0.749. The first-order valence-electron chi connectivity index (χ1n) is 9.59. The number of benzene rings is 1. The summed E-state index contributed by atoms with van der Waals surface area (Å²) in [5, 5.41) is 15.0. The lowest BCUT2D eigenvalue weighted by molar-refractivity contribution is -0.142. The van der Waals surface area contributed by atoms with Crippen molar-refractivity contribution in [3.05, 3.63) is 35.6 Å². The Hall–Kier alpha value is -2.15. The fourth-order valence-corrected chi connectivity index (χ4v) is 4.10. The van der Waals surface area contributed by atoms with Gasteiger partial charge in [0.15, 0.2) is 0 Å². The maximum Gasteiger partial charge on any atom is 0.315 e. The smallest absolute Gasteiger partial charge is 0.315 e. The van der Waals surface area contributed by atoms with E-state index < -0.39 is 5.97 Å². The third-order valence-corrected chi connectivity index (χ3v) is 5.91. The molecule has 0 atom stereocenters. The van der Waals surface area contributed by atoms with Gasteiger partial charge >= 0.3 is 12.0 Å². The Balaban J connectivity index is 1.55. The fraction of sp³-hybridized carbons (Fsp3) is 0.600. The Bertz CT molecular complexity index is 650. The van der Waals surface area contributed by atoms with Crippen molar-refractivity contribution >= 4 is 12.0 Å². The van der Waals surface area contributed by atoms with Gasteiger partial charge in [0.05, 0.1) is 5.92 Å². The maximum atomic E-state index is 13.3. The maximum absolute atomic E-state index is 13.3. The number of ether oxygens (including phenoxy) is 1. The lowest BCUT2D eigenvalue weighted by atomic mass is 9.74. The van der Waals surface area contributed by atoms with Crippen LogP contribution >= 0.6 is 0 Å². The molecule has 1 aromatic carbocycles. The minimum atomic E-state index is -0.751. The summed E-state index contributed by atoms with van der Waals surface area (Å²) in [5.74, 6) is -1.32. The Morgan fingerprint density at radius 1 is 1.11 bits per heavy atom. The van der Waals surface area contributed by atoms with Gasteiger partial charge < -0.3 is 20.5 Å². The van der Waals surface area contributed by atoms with E-state index in [1.807, 2.05) is 0 Å². The normalized spacial score (nSPS) is 24.8. The number of carbonyl (C=O) groups is 2. The van der Waals surface area contributed by atoms with Crippen molar-refractivity contribution in [2.75, 3.05) is 19.8 Å². The van der Waals surface area contributed by atoms with Gasteiger partial charge in [0.1, 0.15) is 5.82 Å². The van der Waals surface area contributed by atoms with E-state index in [1.165, 1.54) is 12.1 Å². The molecule has 3 N–H and O–H groups in total. The monoisotopic (exact) mass is 378 g/mol. The summed E-state index contributed by atoms with van der Waals surface area (Å²) in [6.45, 7) is 1.68. The number of halogens is 1. The topological polar surface area (TPSA) is 87.7 Å². The zero-order valence-electron chi connectivity index (χ0n) is 15.4. The van der Waals surface area contributed by atoms with E-state index >= 15 is 0 Å². The number of urea groups is 1. The van der Waals surface area contributed by atoms with Gasteiger partial charge in [0.2, 0.25) is 0 Å². The molecule has 0 spiro atoms. The first kappa shape index (κ1) is 19.6. The van der Waals surface area contributed by atoms with Crippen LogP contribution in [0, 0.1) is 11.7 Å². The van der Waals surface area contributed by atoms with Gasteiger partial charge in [0.25, 0.3) is 0 Å². The molecular weight excluding hydrogens is 351 g/mol. The summed E-state index contributed by atoms with van der Waals surface area (Å²) >= 11 is 0. The molecule has 3 rings (SSSR count). The summed E-state index contributed by atoms with van der Waals surface area (Å²) < 4.78 is 18.8. The van der Waals surface area contributed by atoms with Crippen LogP contribution in [-0.4, -0.2) is 42.9 Å². The number of hydrogen-bond donors (Lipinski definition) is 3. The first-order valence-corrected chi connectivity index (χ1v) is 9.59. The van der Waals surface area contributed by atoms with Gasteiger partial charge in [-0.15, -0.1) is 0 Å². The van der Waals surface area contributed by atoms with Gasteiger partial charge in [-0.2, -0.15) is 0 Å². The molecule has 0 aromatic heterocycles. The number of carboxylic acids is 1. The van der Waals surface area contributed by atoms with E-state index in [0.29, 0.717) is 45.4 Å². The van der Waals surface area contributed by atoms with Crippen LogP contribution in [-0.2, 0) is 14.9 Å². The quantitative estimate of drug-likeness (QED) is 0.735. The zero-order chi connectivity index (χ0) is 19.3. The second-order valence-electron chi connectivity index (χ2n) is 7.61. The van der Waals surface area contributed by atoms with E-state index in [2.05, 4.69) is 10.6 Å². The second-order valence-corrected chi connectivity index (χ2v) is 7.61. The van der Waals surface area contributed by atoms with Gasteiger partial charge in [0, 0.05) is 31.2 Å². The highest BCUT2D eigenvalue weighted by atomic mass is 19.1. The standard InChI is InChI=1S/C20H27FN2O4/c21-16-5-3-15(4-6-16)20(9-11-27-12-10-20)13-22-19(26)23-17-7-1-14(2-8-17)18(24)25/h3-6,14,17H,1-2,7-13H2,(H,24,25)(H2,22,23,26). The molecule has 27 heavy (non-hydrogen) atoms. The largest absolute Gasteiger partial charge is 0.481 e. The van der Waals surface area contributed by atoms with E-state index in [4.69, 9.17) is 9.84 Å². The van der Waals surface area contributed by atoms with Crippen molar-refractivity contribution in [2.24, 2.45) is 5.92 Å². The molecule has 7 heteroatoms. The lowest BCUT2D eigenvalue weighted by Gasteiger charge is -2.38. The minimum absolute atomic E-state index is 0.0112. The lowest BCUT2D eigenvalue weighted by Crippen LogP contribution is -2.50. The number of hydrogen-bond acceptors (Lipinski definition) is 3. The van der Waals surface area contributed by atoms with Crippen LogP contribution in [0.1, 0.15) is 44.1 Å². The molecule has 1 heterocycles. The molecule has 0 unspecified atom stereocenters. The van der Waals surface area contributed by atoms with Crippen molar-refractivity contribution in [1.82, 2.24) is 10.6 Å². The fourth-order valence-electron chi connectivity index (χ4n) is 4.10. The van der Waals surface area contributed by atoms with Crippen LogP contribution in [0.25, 0.3) is 0 Å². The molecule has 1 aliphatic heterocycles. The highest BCUT2D eigenvalue weighted by Gasteiger charge is 2.35. The third kappa shape index (κ3) is 4.97. The molecule has 0 radical (unpaired) electrons. The zero-order valence-corrected chi connectivity index (χ0v) is 15.4. The SMILES string of the molecule is O=C(NCC1(c2ccc(F)cc2)CCOCC1)NC1CCC(C(=O)O)CC1. The highest BCUT2D eigenvalue weighted by Crippen LogP contribution is 2.34. The average Bonchev–Trinajstić information content (AvgIpc) is 2.68. The number of rotatable bonds is 5. The summed E-state index contributed by atoms with van der Waals surface area (Å²) in [7, 11) is 0. The molecule has 6 nitrogen and oxygen atoms in total. The molecule has 1 aliphatic carbocycles. The van der Waals surface area contributed by atoms with Crippen molar-refractivity contribution in [1.29, 1.82) is 0 Å². The number of amides is 2. The van der Waals surface area contributed by atoms with Gasteiger partial charge in [-0.1, -0.05) is 12.1 Å². The summed E-state index contributed by atoms with van der Waals surface area (Å²) in [4.78, 5) is 23.4. The number of aliphatic carboxylic acids is 1. The summed E-state index contributed by atoms with van der Waals surface area (Å²) in [6.07, 6.45) is 4.09. The second kappa shape index (κ2) is 8.69. The molecule has 148 valence electrons. The molecule has 2 fully saturated rings. The Kier molecular flexibility index (Phi) is 6.31. The van der Waals surface area contributed by atoms with Crippen LogP contribution in [0.2, 0.25) is 0 Å². The Labute approximate surface area is 158 Å². The van der Waals surface area contributed by atoms with Crippen molar-refractivity contribution in [3.63, 3.8) is 0 Å². The van der Waals surface area contributed by atoms with Gasteiger partial charge in [-0.25, -0.2) is 9.18 Å². The average molecular weight is 378 g/mol. The van der Waals surface area contributed by atoms with E-state index in [0.717, 1.165) is 18.4 Å². The number of nitrogens with one attached hydrogen (secondary N) is 2. The van der Waals surface area contributed by atoms with Crippen molar-refractivity contribution in [3.8, 4) is 0 Å². The predicted molar refractivity (Wildman–Crippen MR) is 98.0 cm³/mol. The minimum Gasteiger partial charge on any atom is -0.481 e. The van der Waals surface area contributed by atoms with E-state index in [1.54, 1.807) is 12.1 Å². The van der Waals surface area contributed by atoms with E-state index in [-0.39, 0.29) is 29.2 Å². The summed E-state index contributed by atoms with van der Waals surface area (Å²) in [6, 6.07) is 6.25. The van der Waals surface area contributed by atoms with Crippen LogP contribution in [0.4, 0.5) is 9.18 Å². The molecule has 2 amide bonds. The molecule has 1 saturated heterocycles. The molecule has 1 aromatic rings. The van der Waals surface area contributed by atoms with Gasteiger partial charge in [-0.05, 0) is 56.2 Å². The first-order chi connectivity index (χ1) is 13.0. The number of carbonyl (C=O) groups excluding carboxylic acids is 1. The van der Waals surface area contributed by atoms with Crippen LogP contribution in [0.15, 0.2) is 24.3 Å². The molecule has 1 saturated carbocycles. The Morgan fingerprint density at radius 2 is 1.74 bits per heavy atom. The van der Waals surface area contributed by atoms with Gasteiger partial charge in [-0.3, -0.25) is 4.79 Å². The predicted octanol–water partition coefficient (Wildman–Crippen LogP) is 2.82. The van der Waals surface area contributed by atoms with Crippen molar-refractivity contribution in [2.45, 2.75) is 50.0 Å². The highest BCUT2D eigenvalue weighted by molar-refractivity contribution is 5.74. The van der Waals surface area contributed by atoms with Crippen molar-refractivity contribution < 1.29 is 23.8 Å². The van der Waals surface area contributed by atoms with Crippen LogP contribution in [0.5, 0.6) is 0 Å².